The minimum Gasteiger partial charge on any atom is -0.399 e. The lowest BCUT2D eigenvalue weighted by Gasteiger charge is -2.17. The van der Waals surface area contributed by atoms with Crippen molar-refractivity contribution in [3.05, 3.63) is 40.3 Å². The lowest BCUT2D eigenvalue weighted by Crippen LogP contribution is -2.16. The summed E-state index contributed by atoms with van der Waals surface area (Å²) >= 11 is 1.70. The quantitative estimate of drug-likeness (QED) is 0.829. The van der Waals surface area contributed by atoms with E-state index in [2.05, 4.69) is 22.3 Å². The second kappa shape index (κ2) is 4.53. The van der Waals surface area contributed by atoms with Gasteiger partial charge < -0.3 is 10.6 Å². The van der Waals surface area contributed by atoms with Gasteiger partial charge in [0.05, 0.1) is 6.54 Å². The summed E-state index contributed by atoms with van der Waals surface area (Å²) in [5.74, 6) is 0. The molecular formula is C12H15N3S. The van der Waals surface area contributed by atoms with Crippen LogP contribution in [0.2, 0.25) is 0 Å². The highest BCUT2D eigenvalue weighted by Crippen LogP contribution is 2.18. The summed E-state index contributed by atoms with van der Waals surface area (Å²) < 4.78 is 0. The van der Waals surface area contributed by atoms with Gasteiger partial charge in [0, 0.05) is 29.5 Å². The Kier molecular flexibility index (Phi) is 3.10. The standard InChI is InChI=1S/C12H15N3S/c1-9-8-16-12(14-9)7-15(2)11-5-3-10(13)4-6-11/h3-6,8H,7,13H2,1-2H3. The van der Waals surface area contributed by atoms with Crippen molar-refractivity contribution in [2.75, 3.05) is 17.7 Å². The highest BCUT2D eigenvalue weighted by atomic mass is 32.1. The van der Waals surface area contributed by atoms with E-state index in [1.807, 2.05) is 31.2 Å². The Morgan fingerprint density at radius 3 is 2.56 bits per heavy atom. The molecule has 0 spiro atoms. The number of anilines is 2. The van der Waals surface area contributed by atoms with Crippen LogP contribution in [0.15, 0.2) is 29.6 Å². The molecule has 0 aliphatic heterocycles. The molecule has 0 aliphatic rings. The fourth-order valence-electron chi connectivity index (χ4n) is 1.50. The maximum Gasteiger partial charge on any atom is 0.112 e. The lowest BCUT2D eigenvalue weighted by atomic mass is 10.2. The van der Waals surface area contributed by atoms with Crippen molar-refractivity contribution in [2.24, 2.45) is 0 Å². The van der Waals surface area contributed by atoms with Gasteiger partial charge in [-0.2, -0.15) is 0 Å². The second-order valence-corrected chi connectivity index (χ2v) is 4.77. The molecule has 2 rings (SSSR count). The number of benzene rings is 1. The van der Waals surface area contributed by atoms with Crippen LogP contribution in [-0.2, 0) is 6.54 Å². The fraction of sp³-hybridized carbons (Fsp3) is 0.250. The van der Waals surface area contributed by atoms with E-state index in [1.54, 1.807) is 11.3 Å². The Bertz CT molecular complexity index is 461. The molecule has 1 aromatic heterocycles. The van der Waals surface area contributed by atoms with Crippen molar-refractivity contribution in [3.8, 4) is 0 Å². The summed E-state index contributed by atoms with van der Waals surface area (Å²) in [6.07, 6.45) is 0. The van der Waals surface area contributed by atoms with E-state index in [0.717, 1.165) is 28.6 Å². The fourth-order valence-corrected chi connectivity index (χ4v) is 2.32. The predicted molar refractivity (Wildman–Crippen MR) is 69.8 cm³/mol. The minimum absolute atomic E-state index is 0.794. The van der Waals surface area contributed by atoms with Crippen molar-refractivity contribution in [3.63, 3.8) is 0 Å². The first-order valence-corrected chi connectivity index (χ1v) is 6.01. The van der Waals surface area contributed by atoms with Gasteiger partial charge in [-0.25, -0.2) is 4.98 Å². The van der Waals surface area contributed by atoms with Gasteiger partial charge in [0.1, 0.15) is 5.01 Å². The van der Waals surface area contributed by atoms with Gasteiger partial charge in [-0.15, -0.1) is 11.3 Å². The Labute approximate surface area is 99.5 Å². The van der Waals surface area contributed by atoms with Crippen molar-refractivity contribution in [1.82, 2.24) is 4.98 Å². The van der Waals surface area contributed by atoms with Crippen LogP contribution in [0.4, 0.5) is 11.4 Å². The number of nitrogen functional groups attached to an aromatic ring is 1. The number of rotatable bonds is 3. The molecule has 0 aliphatic carbocycles. The maximum atomic E-state index is 5.65. The summed E-state index contributed by atoms with van der Waals surface area (Å²) in [4.78, 5) is 6.61. The molecular weight excluding hydrogens is 218 g/mol. The van der Waals surface area contributed by atoms with Gasteiger partial charge in [-0.05, 0) is 31.2 Å². The topological polar surface area (TPSA) is 42.1 Å². The van der Waals surface area contributed by atoms with E-state index >= 15 is 0 Å². The molecule has 3 nitrogen and oxygen atoms in total. The molecule has 0 fully saturated rings. The van der Waals surface area contributed by atoms with Crippen LogP contribution >= 0.6 is 11.3 Å². The van der Waals surface area contributed by atoms with Crippen LogP contribution in [0, 0.1) is 6.92 Å². The summed E-state index contributed by atoms with van der Waals surface area (Å²) in [5, 5.41) is 3.21. The molecule has 1 aromatic carbocycles. The summed E-state index contributed by atoms with van der Waals surface area (Å²) in [6.45, 7) is 2.85. The molecule has 2 aromatic rings. The van der Waals surface area contributed by atoms with Gasteiger partial charge in [0.15, 0.2) is 0 Å². The van der Waals surface area contributed by atoms with Crippen LogP contribution in [0.3, 0.4) is 0 Å². The molecule has 16 heavy (non-hydrogen) atoms. The maximum absolute atomic E-state index is 5.65. The molecule has 0 amide bonds. The smallest absolute Gasteiger partial charge is 0.112 e. The number of aryl methyl sites for hydroxylation is 1. The molecule has 0 unspecified atom stereocenters. The van der Waals surface area contributed by atoms with E-state index in [9.17, 15) is 0 Å². The molecule has 0 atom stereocenters. The van der Waals surface area contributed by atoms with Crippen molar-refractivity contribution in [2.45, 2.75) is 13.5 Å². The van der Waals surface area contributed by atoms with E-state index in [4.69, 9.17) is 5.73 Å². The largest absolute Gasteiger partial charge is 0.399 e. The van der Waals surface area contributed by atoms with Crippen LogP contribution in [0.5, 0.6) is 0 Å². The normalized spacial score (nSPS) is 10.4. The van der Waals surface area contributed by atoms with Crippen LogP contribution in [-0.4, -0.2) is 12.0 Å². The Balaban J connectivity index is 2.08. The van der Waals surface area contributed by atoms with Gasteiger partial charge in [0.2, 0.25) is 0 Å². The Hall–Kier alpha value is -1.55. The molecule has 2 N–H and O–H groups in total. The number of thiazole rings is 1. The highest BCUT2D eigenvalue weighted by molar-refractivity contribution is 7.09. The molecule has 1 heterocycles. The predicted octanol–water partition coefficient (Wildman–Crippen LogP) is 2.67. The number of nitrogens with zero attached hydrogens (tertiary/aromatic N) is 2. The number of hydrogen-bond donors (Lipinski definition) is 1. The van der Waals surface area contributed by atoms with E-state index in [-0.39, 0.29) is 0 Å². The summed E-state index contributed by atoms with van der Waals surface area (Å²) in [7, 11) is 2.06. The van der Waals surface area contributed by atoms with Gasteiger partial charge >= 0.3 is 0 Å². The summed E-state index contributed by atoms with van der Waals surface area (Å²) in [5.41, 5.74) is 8.69. The second-order valence-electron chi connectivity index (χ2n) is 3.83. The summed E-state index contributed by atoms with van der Waals surface area (Å²) in [6, 6.07) is 7.88. The Morgan fingerprint density at radius 2 is 2.00 bits per heavy atom. The molecule has 0 bridgehead atoms. The Morgan fingerprint density at radius 1 is 1.31 bits per heavy atom. The third-order valence-corrected chi connectivity index (χ3v) is 3.32. The molecule has 84 valence electrons. The van der Waals surface area contributed by atoms with Gasteiger partial charge in [0.25, 0.3) is 0 Å². The first-order chi connectivity index (χ1) is 7.65. The minimum atomic E-state index is 0.794. The van der Waals surface area contributed by atoms with Crippen LogP contribution in [0.25, 0.3) is 0 Å². The van der Waals surface area contributed by atoms with Crippen molar-refractivity contribution in [1.29, 1.82) is 0 Å². The average molecular weight is 233 g/mol. The molecule has 0 radical (unpaired) electrons. The highest BCUT2D eigenvalue weighted by Gasteiger charge is 2.04. The first-order valence-electron chi connectivity index (χ1n) is 5.13. The third-order valence-electron chi connectivity index (χ3n) is 2.37. The number of nitrogens with two attached hydrogens (primary N) is 1. The lowest BCUT2D eigenvalue weighted by molar-refractivity contribution is 0.905. The SMILES string of the molecule is Cc1csc(CN(C)c2ccc(N)cc2)n1. The van der Waals surface area contributed by atoms with Crippen LogP contribution < -0.4 is 10.6 Å². The zero-order valence-electron chi connectivity index (χ0n) is 9.47. The van der Waals surface area contributed by atoms with Crippen molar-refractivity contribution < 1.29 is 0 Å². The van der Waals surface area contributed by atoms with E-state index in [0.29, 0.717) is 0 Å². The molecule has 4 heteroatoms. The first kappa shape index (κ1) is 11.0. The molecule has 0 saturated heterocycles. The van der Waals surface area contributed by atoms with E-state index in [1.165, 1.54) is 0 Å². The zero-order chi connectivity index (χ0) is 11.5. The van der Waals surface area contributed by atoms with E-state index < -0.39 is 0 Å². The zero-order valence-corrected chi connectivity index (χ0v) is 10.3. The third kappa shape index (κ3) is 2.52. The average Bonchev–Trinajstić information content (AvgIpc) is 2.65. The number of hydrogen-bond acceptors (Lipinski definition) is 4. The van der Waals surface area contributed by atoms with Crippen LogP contribution in [0.1, 0.15) is 10.7 Å². The molecule has 0 saturated carbocycles. The monoisotopic (exact) mass is 233 g/mol. The van der Waals surface area contributed by atoms with Crippen molar-refractivity contribution >= 4 is 22.7 Å². The van der Waals surface area contributed by atoms with Gasteiger partial charge in [-0.1, -0.05) is 0 Å². The van der Waals surface area contributed by atoms with Gasteiger partial charge in [-0.3, -0.25) is 0 Å². The number of aromatic nitrogens is 1.